The van der Waals surface area contributed by atoms with Crippen LogP contribution < -0.4 is 5.73 Å². The molecule has 0 heterocycles. The van der Waals surface area contributed by atoms with Crippen LogP contribution >= 0.6 is 0 Å². The van der Waals surface area contributed by atoms with Crippen molar-refractivity contribution in [2.45, 2.75) is 58.0 Å². The van der Waals surface area contributed by atoms with E-state index in [1.165, 1.54) is 12.8 Å². The van der Waals surface area contributed by atoms with Crippen molar-refractivity contribution >= 4 is 5.91 Å². The number of hydrogen-bond donors (Lipinski definition) is 2. The minimum atomic E-state index is -0.415. The van der Waals surface area contributed by atoms with Crippen molar-refractivity contribution in [3.8, 4) is 0 Å². The molecule has 17 heavy (non-hydrogen) atoms. The molecule has 1 rings (SSSR count). The molecule has 0 bridgehead atoms. The summed E-state index contributed by atoms with van der Waals surface area (Å²) in [5.74, 6) is 0.438. The zero-order valence-corrected chi connectivity index (χ0v) is 11.1. The number of carbonyl (C=O) groups excluding carboxylic acids is 1. The number of aliphatic hydroxyl groups excluding tert-OH is 1. The van der Waals surface area contributed by atoms with Crippen LogP contribution in [0.3, 0.4) is 0 Å². The monoisotopic (exact) mass is 242 g/mol. The van der Waals surface area contributed by atoms with Gasteiger partial charge in [-0.15, -0.1) is 0 Å². The predicted octanol–water partition coefficient (Wildman–Crippen LogP) is 1.12. The van der Waals surface area contributed by atoms with Crippen LogP contribution in [0.25, 0.3) is 0 Å². The van der Waals surface area contributed by atoms with Gasteiger partial charge in [0.2, 0.25) is 5.91 Å². The third-order valence-electron chi connectivity index (χ3n) is 3.43. The van der Waals surface area contributed by atoms with E-state index in [1.807, 2.05) is 0 Å². The third kappa shape index (κ3) is 4.28. The van der Waals surface area contributed by atoms with Gasteiger partial charge in [-0.25, -0.2) is 0 Å². The molecule has 0 aromatic rings. The standard InChI is InChI=1S/C13H26N2O2/c1-10(2)9-12(14)13(17)15(7-8-16)11-5-3-4-6-11/h10-12,16H,3-9,14H2,1-2H3/t12-/m1/s1. The molecular weight excluding hydrogens is 216 g/mol. The largest absolute Gasteiger partial charge is 0.395 e. The van der Waals surface area contributed by atoms with Crippen LogP contribution in [0.15, 0.2) is 0 Å². The van der Waals surface area contributed by atoms with Crippen LogP contribution in [0.1, 0.15) is 46.0 Å². The summed E-state index contributed by atoms with van der Waals surface area (Å²) in [6.07, 6.45) is 5.19. The Bertz CT molecular complexity index is 238. The highest BCUT2D eigenvalue weighted by atomic mass is 16.3. The van der Waals surface area contributed by atoms with Gasteiger partial charge >= 0.3 is 0 Å². The molecule has 1 fully saturated rings. The second-order valence-corrected chi connectivity index (χ2v) is 5.43. The number of amides is 1. The van der Waals surface area contributed by atoms with E-state index >= 15 is 0 Å². The Hall–Kier alpha value is -0.610. The van der Waals surface area contributed by atoms with E-state index < -0.39 is 6.04 Å². The quantitative estimate of drug-likeness (QED) is 0.733. The second-order valence-electron chi connectivity index (χ2n) is 5.43. The topological polar surface area (TPSA) is 66.6 Å². The molecule has 4 nitrogen and oxygen atoms in total. The van der Waals surface area contributed by atoms with Crippen LogP contribution in [-0.2, 0) is 4.79 Å². The van der Waals surface area contributed by atoms with Gasteiger partial charge in [0.15, 0.2) is 0 Å². The molecule has 0 unspecified atom stereocenters. The maximum atomic E-state index is 12.2. The first-order valence-corrected chi connectivity index (χ1v) is 6.73. The highest BCUT2D eigenvalue weighted by Crippen LogP contribution is 2.24. The molecule has 0 aromatic heterocycles. The van der Waals surface area contributed by atoms with E-state index in [9.17, 15) is 4.79 Å². The summed E-state index contributed by atoms with van der Waals surface area (Å²) in [5.41, 5.74) is 5.94. The van der Waals surface area contributed by atoms with Crippen LogP contribution in [-0.4, -0.2) is 41.1 Å². The van der Waals surface area contributed by atoms with Crippen molar-refractivity contribution < 1.29 is 9.90 Å². The molecule has 1 aliphatic rings. The van der Waals surface area contributed by atoms with Gasteiger partial charge in [0.25, 0.3) is 0 Å². The number of carbonyl (C=O) groups is 1. The minimum Gasteiger partial charge on any atom is -0.395 e. The van der Waals surface area contributed by atoms with Crippen LogP contribution in [0.5, 0.6) is 0 Å². The molecule has 0 aliphatic heterocycles. The second kappa shape index (κ2) is 6.97. The number of rotatable bonds is 6. The van der Waals surface area contributed by atoms with E-state index in [-0.39, 0.29) is 12.5 Å². The lowest BCUT2D eigenvalue weighted by molar-refractivity contribution is -0.135. The van der Waals surface area contributed by atoms with Gasteiger partial charge in [-0.05, 0) is 25.2 Å². The average Bonchev–Trinajstić information content (AvgIpc) is 2.77. The van der Waals surface area contributed by atoms with Crippen LogP contribution in [0, 0.1) is 5.92 Å². The fraction of sp³-hybridized carbons (Fsp3) is 0.923. The van der Waals surface area contributed by atoms with Crippen molar-refractivity contribution in [3.05, 3.63) is 0 Å². The molecule has 0 saturated heterocycles. The molecule has 1 saturated carbocycles. The number of nitrogens with two attached hydrogens (primary N) is 1. The molecule has 0 aromatic carbocycles. The summed E-state index contributed by atoms with van der Waals surface area (Å²) >= 11 is 0. The average molecular weight is 242 g/mol. The number of nitrogens with zero attached hydrogens (tertiary/aromatic N) is 1. The molecule has 1 atom stereocenters. The molecule has 0 spiro atoms. The van der Waals surface area contributed by atoms with Crippen molar-refractivity contribution in [2.75, 3.05) is 13.2 Å². The Morgan fingerprint density at radius 1 is 1.41 bits per heavy atom. The van der Waals surface area contributed by atoms with Crippen LogP contribution in [0.4, 0.5) is 0 Å². The Balaban J connectivity index is 2.58. The lowest BCUT2D eigenvalue weighted by atomic mass is 10.0. The summed E-state index contributed by atoms with van der Waals surface area (Å²) < 4.78 is 0. The number of aliphatic hydroxyl groups is 1. The molecule has 1 amide bonds. The first-order valence-electron chi connectivity index (χ1n) is 6.73. The Morgan fingerprint density at radius 3 is 2.47 bits per heavy atom. The maximum Gasteiger partial charge on any atom is 0.239 e. The van der Waals surface area contributed by atoms with E-state index in [0.717, 1.165) is 12.8 Å². The van der Waals surface area contributed by atoms with Gasteiger partial charge in [0.05, 0.1) is 12.6 Å². The molecule has 3 N–H and O–H groups in total. The van der Waals surface area contributed by atoms with E-state index in [1.54, 1.807) is 4.90 Å². The predicted molar refractivity (Wildman–Crippen MR) is 68.5 cm³/mol. The highest BCUT2D eigenvalue weighted by Gasteiger charge is 2.29. The first-order chi connectivity index (χ1) is 8.06. The summed E-state index contributed by atoms with van der Waals surface area (Å²) in [6, 6.07) is -0.116. The van der Waals surface area contributed by atoms with Gasteiger partial charge in [-0.2, -0.15) is 0 Å². The first kappa shape index (κ1) is 14.5. The van der Waals surface area contributed by atoms with E-state index in [4.69, 9.17) is 10.8 Å². The minimum absolute atomic E-state index is 0.0136. The summed E-state index contributed by atoms with van der Waals surface area (Å²) in [5, 5.41) is 9.07. The van der Waals surface area contributed by atoms with Gasteiger partial charge in [0.1, 0.15) is 0 Å². The van der Waals surface area contributed by atoms with Gasteiger partial charge in [0, 0.05) is 12.6 Å². The van der Waals surface area contributed by atoms with Crippen molar-refractivity contribution in [1.29, 1.82) is 0 Å². The molecule has 0 radical (unpaired) electrons. The molecule has 100 valence electrons. The number of hydrogen-bond acceptors (Lipinski definition) is 3. The highest BCUT2D eigenvalue weighted by molar-refractivity contribution is 5.82. The fourth-order valence-electron chi connectivity index (χ4n) is 2.62. The van der Waals surface area contributed by atoms with Crippen LogP contribution in [0.2, 0.25) is 0 Å². The smallest absolute Gasteiger partial charge is 0.239 e. The Morgan fingerprint density at radius 2 is 2.00 bits per heavy atom. The normalized spacial score (nSPS) is 18.6. The molecular formula is C13H26N2O2. The zero-order valence-electron chi connectivity index (χ0n) is 11.1. The van der Waals surface area contributed by atoms with Gasteiger partial charge in [-0.1, -0.05) is 26.7 Å². The third-order valence-corrected chi connectivity index (χ3v) is 3.43. The summed E-state index contributed by atoms with van der Waals surface area (Å²) in [7, 11) is 0. The van der Waals surface area contributed by atoms with E-state index in [0.29, 0.717) is 24.9 Å². The maximum absolute atomic E-state index is 12.2. The lowest BCUT2D eigenvalue weighted by Crippen LogP contribution is -2.49. The summed E-state index contributed by atoms with van der Waals surface area (Å²) in [4.78, 5) is 14.1. The zero-order chi connectivity index (χ0) is 12.8. The molecule has 1 aliphatic carbocycles. The van der Waals surface area contributed by atoms with Crippen molar-refractivity contribution in [1.82, 2.24) is 4.90 Å². The van der Waals surface area contributed by atoms with E-state index in [2.05, 4.69) is 13.8 Å². The lowest BCUT2D eigenvalue weighted by Gasteiger charge is -2.31. The van der Waals surface area contributed by atoms with Gasteiger partial charge in [-0.3, -0.25) is 4.79 Å². The summed E-state index contributed by atoms with van der Waals surface area (Å²) in [6.45, 7) is 4.59. The van der Waals surface area contributed by atoms with Crippen molar-refractivity contribution in [2.24, 2.45) is 11.7 Å². The Labute approximate surface area is 104 Å². The molecule has 4 heteroatoms. The Kier molecular flexibility index (Phi) is 5.92. The SMILES string of the molecule is CC(C)C[C@@H](N)C(=O)N(CCO)C1CCCC1. The van der Waals surface area contributed by atoms with Crippen molar-refractivity contribution in [3.63, 3.8) is 0 Å². The fourth-order valence-corrected chi connectivity index (χ4v) is 2.62. The van der Waals surface area contributed by atoms with Gasteiger partial charge < -0.3 is 15.7 Å².